The Bertz CT molecular complexity index is 938. The van der Waals surface area contributed by atoms with Crippen molar-refractivity contribution in [2.24, 2.45) is 7.05 Å². The molecule has 0 unspecified atom stereocenters. The second kappa shape index (κ2) is 7.46. The molecule has 0 radical (unpaired) electrons. The summed E-state index contributed by atoms with van der Waals surface area (Å²) in [7, 11) is 1.72. The molecule has 1 aromatic carbocycles. The van der Waals surface area contributed by atoms with Crippen LogP contribution >= 0.6 is 23.1 Å². The van der Waals surface area contributed by atoms with Crippen molar-refractivity contribution in [1.82, 2.24) is 20.0 Å². The van der Waals surface area contributed by atoms with Gasteiger partial charge >= 0.3 is 0 Å². The van der Waals surface area contributed by atoms with Crippen LogP contribution in [-0.2, 0) is 12.8 Å². The van der Waals surface area contributed by atoms with Gasteiger partial charge in [0.15, 0.2) is 4.34 Å². The second-order valence-electron chi connectivity index (χ2n) is 5.22. The normalized spacial score (nSPS) is 10.4. The molecule has 0 saturated heterocycles. The molecule has 2 aromatic heterocycles. The molecule has 0 aliphatic carbocycles. The van der Waals surface area contributed by atoms with Crippen LogP contribution in [0.2, 0.25) is 0 Å². The van der Waals surface area contributed by atoms with Crippen LogP contribution in [0.3, 0.4) is 0 Å². The predicted molar refractivity (Wildman–Crippen MR) is 96.5 cm³/mol. The van der Waals surface area contributed by atoms with E-state index >= 15 is 0 Å². The Labute approximate surface area is 152 Å². The van der Waals surface area contributed by atoms with Gasteiger partial charge in [0, 0.05) is 12.8 Å². The van der Waals surface area contributed by atoms with Crippen molar-refractivity contribution < 1.29 is 4.79 Å². The molecule has 126 valence electrons. The first-order chi connectivity index (χ1) is 12.0. The minimum atomic E-state index is -0.261. The maximum atomic E-state index is 12.2. The van der Waals surface area contributed by atoms with Crippen LogP contribution < -0.4 is 5.32 Å². The van der Waals surface area contributed by atoms with Crippen LogP contribution in [0.4, 0.5) is 5.13 Å². The highest BCUT2D eigenvalue weighted by Crippen LogP contribution is 2.28. The quantitative estimate of drug-likeness (QED) is 0.548. The fourth-order valence-corrected chi connectivity index (χ4v) is 3.83. The topological polar surface area (TPSA) is 96.5 Å². The molecular formula is C16H14N6OS2. The number of benzene rings is 1. The molecule has 25 heavy (non-hydrogen) atoms. The first kappa shape index (κ1) is 17.1. The minimum Gasteiger partial charge on any atom is -0.295 e. The molecule has 3 rings (SSSR count). The number of anilines is 1. The zero-order valence-corrected chi connectivity index (χ0v) is 15.2. The fourth-order valence-electron chi connectivity index (χ4n) is 2.12. The third-order valence-electron chi connectivity index (χ3n) is 3.31. The summed E-state index contributed by atoms with van der Waals surface area (Å²) < 4.78 is 2.30. The molecule has 0 bridgehead atoms. The number of hydrogen-bond acceptors (Lipinski definition) is 7. The van der Waals surface area contributed by atoms with Crippen molar-refractivity contribution in [2.75, 3.05) is 5.32 Å². The van der Waals surface area contributed by atoms with E-state index in [1.165, 1.54) is 27.8 Å². The number of nitrogens with one attached hydrogen (secondary N) is 1. The monoisotopic (exact) mass is 370 g/mol. The number of thioether (sulfide) groups is 1. The summed E-state index contributed by atoms with van der Waals surface area (Å²) in [6.07, 6.45) is 0. The molecule has 0 atom stereocenters. The van der Waals surface area contributed by atoms with E-state index in [0.29, 0.717) is 16.4 Å². The highest BCUT2D eigenvalue weighted by molar-refractivity contribution is 8.00. The molecular weight excluding hydrogens is 356 g/mol. The average Bonchev–Trinajstić information content (AvgIpc) is 3.19. The van der Waals surface area contributed by atoms with Crippen LogP contribution in [0.5, 0.6) is 0 Å². The summed E-state index contributed by atoms with van der Waals surface area (Å²) in [5.41, 5.74) is 2.98. The van der Waals surface area contributed by atoms with E-state index in [-0.39, 0.29) is 5.91 Å². The van der Waals surface area contributed by atoms with Gasteiger partial charge in [0.05, 0.1) is 17.3 Å². The van der Waals surface area contributed by atoms with Crippen LogP contribution in [0.15, 0.2) is 34.7 Å². The van der Waals surface area contributed by atoms with Gasteiger partial charge in [0.25, 0.3) is 5.91 Å². The molecule has 0 aliphatic rings. The van der Waals surface area contributed by atoms with E-state index in [1.54, 1.807) is 25.2 Å². The fraction of sp³-hybridized carbons (Fsp3) is 0.188. The zero-order chi connectivity index (χ0) is 17.8. The van der Waals surface area contributed by atoms with Gasteiger partial charge in [-0.1, -0.05) is 35.2 Å². The van der Waals surface area contributed by atoms with Gasteiger partial charge in [-0.25, -0.2) is 0 Å². The summed E-state index contributed by atoms with van der Waals surface area (Å²) in [6, 6.07) is 11.2. The van der Waals surface area contributed by atoms with Gasteiger partial charge in [-0.2, -0.15) is 10.4 Å². The lowest BCUT2D eigenvalue weighted by atomic mass is 10.2. The Morgan fingerprint density at radius 2 is 2.12 bits per heavy atom. The minimum absolute atomic E-state index is 0.261. The summed E-state index contributed by atoms with van der Waals surface area (Å²) in [5.74, 6) is 0.456. The number of nitrogens with zero attached hydrogens (tertiary/aromatic N) is 5. The number of hydrogen-bond donors (Lipinski definition) is 1. The van der Waals surface area contributed by atoms with Crippen LogP contribution in [0.1, 0.15) is 27.3 Å². The van der Waals surface area contributed by atoms with Crippen molar-refractivity contribution in [3.63, 3.8) is 0 Å². The van der Waals surface area contributed by atoms with Gasteiger partial charge in [0.1, 0.15) is 5.69 Å². The lowest BCUT2D eigenvalue weighted by molar-refractivity contribution is 0.101. The van der Waals surface area contributed by atoms with E-state index in [9.17, 15) is 4.79 Å². The van der Waals surface area contributed by atoms with Crippen molar-refractivity contribution in [3.05, 3.63) is 52.8 Å². The van der Waals surface area contributed by atoms with Gasteiger partial charge in [0.2, 0.25) is 5.13 Å². The Balaban J connectivity index is 1.59. The molecule has 1 N–H and O–H groups in total. The van der Waals surface area contributed by atoms with Gasteiger partial charge in [-0.05, 0) is 30.7 Å². The van der Waals surface area contributed by atoms with Crippen molar-refractivity contribution in [1.29, 1.82) is 5.26 Å². The van der Waals surface area contributed by atoms with Crippen LogP contribution in [0.25, 0.3) is 0 Å². The first-order valence-corrected chi connectivity index (χ1v) is 9.12. The number of aryl methyl sites for hydroxylation is 2. The maximum Gasteiger partial charge on any atom is 0.275 e. The molecule has 9 heteroatoms. The van der Waals surface area contributed by atoms with Crippen LogP contribution in [-0.4, -0.2) is 25.9 Å². The molecule has 3 aromatic rings. The van der Waals surface area contributed by atoms with E-state index in [0.717, 1.165) is 21.3 Å². The van der Waals surface area contributed by atoms with E-state index < -0.39 is 0 Å². The van der Waals surface area contributed by atoms with Crippen molar-refractivity contribution in [3.8, 4) is 6.07 Å². The summed E-state index contributed by atoms with van der Waals surface area (Å²) in [6.45, 7) is 1.83. The molecule has 1 amide bonds. The van der Waals surface area contributed by atoms with Gasteiger partial charge in [-0.15, -0.1) is 10.2 Å². The molecule has 0 fully saturated rings. The summed E-state index contributed by atoms with van der Waals surface area (Å²) in [5, 5.41) is 24.2. The lowest BCUT2D eigenvalue weighted by Crippen LogP contribution is -2.15. The number of aromatic nitrogens is 4. The molecule has 0 aliphatic heterocycles. The summed E-state index contributed by atoms with van der Waals surface area (Å²) in [4.78, 5) is 12.2. The average molecular weight is 370 g/mol. The largest absolute Gasteiger partial charge is 0.295 e. The number of nitriles is 1. The zero-order valence-electron chi connectivity index (χ0n) is 13.6. The van der Waals surface area contributed by atoms with Crippen molar-refractivity contribution in [2.45, 2.75) is 17.0 Å². The third-order valence-corrected chi connectivity index (χ3v) is 5.35. The molecule has 0 saturated carbocycles. The number of amides is 1. The lowest BCUT2D eigenvalue weighted by Gasteiger charge is -2.00. The van der Waals surface area contributed by atoms with Crippen LogP contribution in [0, 0.1) is 18.3 Å². The second-order valence-corrected chi connectivity index (χ2v) is 7.42. The smallest absolute Gasteiger partial charge is 0.275 e. The molecule has 2 heterocycles. The first-order valence-electron chi connectivity index (χ1n) is 7.32. The Kier molecular flexibility index (Phi) is 5.11. The highest BCUT2D eigenvalue weighted by atomic mass is 32.2. The molecule has 7 nitrogen and oxygen atoms in total. The number of rotatable bonds is 5. The van der Waals surface area contributed by atoms with E-state index in [2.05, 4.69) is 26.7 Å². The number of carbonyl (C=O) groups is 1. The standard InChI is InChI=1S/C16H14N6OS2/c1-10-7-13(22(2)21-10)14(23)18-15-19-20-16(25-15)24-9-12-5-3-11(8-17)4-6-12/h3-7H,9H2,1-2H3,(H,18,19,23). The third kappa shape index (κ3) is 4.23. The number of carbonyl (C=O) groups excluding carboxylic acids is 1. The SMILES string of the molecule is Cc1cc(C(=O)Nc2nnc(SCc3ccc(C#N)cc3)s2)n(C)n1. The van der Waals surface area contributed by atoms with Gasteiger partial charge in [-0.3, -0.25) is 14.8 Å². The molecule has 0 spiro atoms. The Hall–Kier alpha value is -2.70. The van der Waals surface area contributed by atoms with E-state index in [1.807, 2.05) is 19.1 Å². The predicted octanol–water partition coefficient (Wildman–Crippen LogP) is 3.00. The van der Waals surface area contributed by atoms with Gasteiger partial charge < -0.3 is 0 Å². The maximum absolute atomic E-state index is 12.2. The highest BCUT2D eigenvalue weighted by Gasteiger charge is 2.14. The Morgan fingerprint density at radius 1 is 1.36 bits per heavy atom. The van der Waals surface area contributed by atoms with E-state index in [4.69, 9.17) is 5.26 Å². The van der Waals surface area contributed by atoms with Crippen molar-refractivity contribution >= 4 is 34.1 Å². The summed E-state index contributed by atoms with van der Waals surface area (Å²) >= 11 is 2.85. The Morgan fingerprint density at radius 3 is 2.76 bits per heavy atom.